The topological polar surface area (TPSA) is 161 Å². The van der Waals surface area contributed by atoms with E-state index in [-0.39, 0.29) is 33.6 Å². The smallest absolute Gasteiger partial charge is 0.219 e. The number of aromatic nitrogens is 8. The number of anilines is 2. The molecule has 7 heterocycles. The van der Waals surface area contributed by atoms with Crippen LogP contribution in [0.25, 0.3) is 90.9 Å². The van der Waals surface area contributed by atoms with Crippen LogP contribution in [0.2, 0.25) is 0 Å². The van der Waals surface area contributed by atoms with Crippen molar-refractivity contribution < 1.29 is 0 Å². The van der Waals surface area contributed by atoms with Gasteiger partial charge in [-0.05, 0) is 104 Å². The van der Waals surface area contributed by atoms with Crippen LogP contribution in [-0.4, -0.2) is 39.9 Å². The molecule has 0 fully saturated rings. The summed E-state index contributed by atoms with van der Waals surface area (Å²) in [6, 6.07) is 22.5. The van der Waals surface area contributed by atoms with Gasteiger partial charge in [0.25, 0.3) is 0 Å². The highest BCUT2D eigenvalue weighted by Crippen LogP contribution is 2.42. The second kappa shape index (κ2) is 15.8. The number of nitrogen functional groups attached to an aromatic ring is 2. The lowest BCUT2D eigenvalue weighted by Gasteiger charge is -2.26. The van der Waals surface area contributed by atoms with Crippen LogP contribution in [0, 0.1) is 0 Å². The Bertz CT molecular complexity index is 2990. The van der Waals surface area contributed by atoms with E-state index in [9.17, 15) is 0 Å². The summed E-state index contributed by atoms with van der Waals surface area (Å²) in [7, 11) is 0. The monoisotopic (exact) mass is 873 g/mol. The van der Waals surface area contributed by atoms with Gasteiger partial charge < -0.3 is 21.4 Å². The summed E-state index contributed by atoms with van der Waals surface area (Å²) in [5.74, 6) is 0.400. The van der Waals surface area contributed by atoms with Crippen molar-refractivity contribution in [3.05, 3.63) is 130 Å². The summed E-state index contributed by atoms with van der Waals surface area (Å²) < 4.78 is 0. The van der Waals surface area contributed by atoms with Crippen molar-refractivity contribution in [2.75, 3.05) is 11.5 Å². The molecule has 10 nitrogen and oxygen atoms in total. The summed E-state index contributed by atoms with van der Waals surface area (Å²) in [4.78, 5) is 36.6. The number of hydrogen-bond acceptors (Lipinski definition) is 8. The van der Waals surface area contributed by atoms with Crippen molar-refractivity contribution in [3.8, 4) is 44.5 Å². The van der Waals surface area contributed by atoms with E-state index in [2.05, 4.69) is 198 Å². The molecule has 5 aromatic heterocycles. The van der Waals surface area contributed by atoms with Crippen LogP contribution in [-0.2, 0) is 21.7 Å². The minimum absolute atomic E-state index is 0.114. The van der Waals surface area contributed by atoms with E-state index in [4.69, 9.17) is 21.4 Å². The highest BCUT2D eigenvalue weighted by atomic mass is 15.0. The van der Waals surface area contributed by atoms with E-state index in [1.165, 1.54) is 22.3 Å². The molecule has 0 unspecified atom stereocenters. The van der Waals surface area contributed by atoms with Crippen molar-refractivity contribution in [2.45, 2.75) is 105 Å². The zero-order chi connectivity index (χ0) is 47.1. The molecule has 8 bridgehead atoms. The third kappa shape index (κ3) is 8.43. The molecule has 2 aromatic carbocycles. The molecule has 0 atom stereocenters. The maximum atomic E-state index is 6.08. The van der Waals surface area contributed by atoms with Crippen LogP contribution in [0.3, 0.4) is 0 Å². The molecule has 10 heteroatoms. The van der Waals surface area contributed by atoms with Gasteiger partial charge in [0, 0.05) is 80.2 Å². The van der Waals surface area contributed by atoms with Crippen LogP contribution in [0.5, 0.6) is 0 Å². The molecule has 0 amide bonds. The SMILES string of the molecule is CC(C)(C)c1cc(-c2c3nc(c(-c4cnc(N)nc4)c4ccc([nH]4)c(-c4cc(C(C)(C)C)cc(C(C)(C)C)c4)c4nc(c(-c5cnc(N)nc5)c5ccc2[nH]5)C=C4)C=C3)cc(C(C)(C)C)c1. The summed E-state index contributed by atoms with van der Waals surface area (Å²) in [6.45, 7) is 27.2. The van der Waals surface area contributed by atoms with Crippen LogP contribution in [0.1, 0.15) is 128 Å². The lowest BCUT2D eigenvalue weighted by Crippen LogP contribution is -2.16. The number of nitrogens with two attached hydrogens (primary N) is 2. The minimum Gasteiger partial charge on any atom is -0.368 e. The van der Waals surface area contributed by atoms with Gasteiger partial charge in [-0.2, -0.15) is 0 Å². The number of hydrogen-bond donors (Lipinski definition) is 4. The highest BCUT2D eigenvalue weighted by Gasteiger charge is 2.26. The molecular weight excluding hydrogens is 813 g/mol. The maximum absolute atomic E-state index is 6.08. The van der Waals surface area contributed by atoms with E-state index in [1.54, 1.807) is 24.8 Å². The fraction of sp³-hybridized carbons (Fsp3) is 0.286. The number of aromatic amines is 2. The Hall–Kier alpha value is -7.20. The fourth-order valence-corrected chi connectivity index (χ4v) is 8.63. The van der Waals surface area contributed by atoms with Gasteiger partial charge >= 0.3 is 0 Å². The number of benzene rings is 2. The van der Waals surface area contributed by atoms with Gasteiger partial charge in [-0.1, -0.05) is 119 Å². The van der Waals surface area contributed by atoms with Crippen molar-refractivity contribution in [2.24, 2.45) is 0 Å². The third-order valence-electron chi connectivity index (χ3n) is 12.6. The summed E-state index contributed by atoms with van der Waals surface area (Å²) in [6.07, 6.45) is 15.5. The molecule has 66 heavy (non-hydrogen) atoms. The number of nitrogens with one attached hydrogen (secondary N) is 2. The standard InChI is InChI=1S/C56H60N10/c1-53(2,3)35-21-31(22-36(25-35)54(4,5)6)47-39-13-17-43(63-39)49(33-27-59-51(57)60-28-33)45-19-15-41(65-45)48(32-23-37(55(7,8)9)26-38(24-32)56(10,11)12)42-16-20-46(66-42)50(44-18-14-40(47)64-44)34-29-61-52(58)62-30-34/h13-30,63,66H,1-12H3,(H2,57,59,60)(H2,58,61,62). The van der Waals surface area contributed by atoms with Gasteiger partial charge in [0.1, 0.15) is 0 Å². The van der Waals surface area contributed by atoms with E-state index in [0.717, 1.165) is 89.4 Å². The van der Waals surface area contributed by atoms with Crippen molar-refractivity contribution >= 4 is 58.3 Å². The van der Waals surface area contributed by atoms with Gasteiger partial charge in [-0.3, -0.25) is 0 Å². The van der Waals surface area contributed by atoms with Crippen molar-refractivity contribution in [1.82, 2.24) is 39.9 Å². The molecule has 0 aliphatic carbocycles. The zero-order valence-electron chi connectivity index (χ0n) is 40.2. The normalized spacial score (nSPS) is 13.2. The third-order valence-corrected chi connectivity index (χ3v) is 12.6. The molecule has 334 valence electrons. The summed E-state index contributed by atoms with van der Waals surface area (Å²) >= 11 is 0. The Morgan fingerprint density at radius 1 is 0.348 bits per heavy atom. The Morgan fingerprint density at radius 3 is 0.833 bits per heavy atom. The molecule has 0 saturated heterocycles. The predicted molar refractivity (Wildman–Crippen MR) is 275 cm³/mol. The molecule has 6 N–H and O–H groups in total. The molecular formula is C56H60N10. The first-order valence-corrected chi connectivity index (χ1v) is 22.7. The van der Waals surface area contributed by atoms with E-state index < -0.39 is 0 Å². The molecule has 7 aromatic rings. The second-order valence-corrected chi connectivity index (χ2v) is 21.8. The Morgan fingerprint density at radius 2 is 0.591 bits per heavy atom. The highest BCUT2D eigenvalue weighted by molar-refractivity contribution is 6.00. The first-order valence-electron chi connectivity index (χ1n) is 22.7. The van der Waals surface area contributed by atoms with Crippen LogP contribution in [0.15, 0.2) is 85.5 Å². The molecule has 0 radical (unpaired) electrons. The van der Waals surface area contributed by atoms with Gasteiger partial charge in [-0.15, -0.1) is 0 Å². The second-order valence-electron chi connectivity index (χ2n) is 21.8. The maximum Gasteiger partial charge on any atom is 0.219 e. The van der Waals surface area contributed by atoms with Crippen molar-refractivity contribution in [1.29, 1.82) is 0 Å². The average molecular weight is 873 g/mol. The van der Waals surface area contributed by atoms with Gasteiger partial charge in [-0.25, -0.2) is 29.9 Å². The number of fused-ring (bicyclic) bond motifs is 8. The lowest BCUT2D eigenvalue weighted by atomic mass is 9.78. The average Bonchev–Trinajstić information content (AvgIpc) is 4.09. The lowest BCUT2D eigenvalue weighted by molar-refractivity contribution is 0.568. The zero-order valence-corrected chi connectivity index (χ0v) is 40.2. The number of H-pyrrole nitrogens is 2. The molecule has 2 aliphatic heterocycles. The Balaban J connectivity index is 1.49. The predicted octanol–water partition coefficient (Wildman–Crippen LogP) is 13.3. The van der Waals surface area contributed by atoms with Crippen LogP contribution < -0.4 is 11.5 Å². The van der Waals surface area contributed by atoms with E-state index in [1.807, 2.05) is 0 Å². The first kappa shape index (κ1) is 44.0. The first-order chi connectivity index (χ1) is 31.0. The van der Waals surface area contributed by atoms with E-state index >= 15 is 0 Å². The Kier molecular flexibility index (Phi) is 10.5. The van der Waals surface area contributed by atoms with Crippen molar-refractivity contribution in [3.63, 3.8) is 0 Å². The number of nitrogens with zero attached hydrogens (tertiary/aromatic N) is 6. The molecule has 9 rings (SSSR count). The van der Waals surface area contributed by atoms with Gasteiger partial charge in [0.15, 0.2) is 0 Å². The quantitative estimate of drug-likeness (QED) is 0.136. The van der Waals surface area contributed by atoms with Gasteiger partial charge in [0.05, 0.1) is 22.8 Å². The van der Waals surface area contributed by atoms with Crippen LogP contribution >= 0.6 is 0 Å². The molecule has 0 spiro atoms. The molecule has 0 saturated carbocycles. The summed E-state index contributed by atoms with van der Waals surface area (Å²) in [5, 5.41) is 0. The number of rotatable bonds is 4. The molecule has 2 aliphatic rings. The largest absolute Gasteiger partial charge is 0.368 e. The summed E-state index contributed by atoms with van der Waals surface area (Å²) in [5.41, 5.74) is 30.6. The minimum atomic E-state index is -0.114. The van der Waals surface area contributed by atoms with Crippen LogP contribution in [0.4, 0.5) is 11.9 Å². The van der Waals surface area contributed by atoms with Gasteiger partial charge in [0.2, 0.25) is 11.9 Å². The Labute approximate surface area is 387 Å². The van der Waals surface area contributed by atoms with E-state index in [0.29, 0.717) is 0 Å². The fourth-order valence-electron chi connectivity index (χ4n) is 8.63.